The first-order valence-corrected chi connectivity index (χ1v) is 7.82. The number of anilines is 1. The first-order valence-electron chi connectivity index (χ1n) is 6.88. The number of carbonyl (C=O) groups is 1. The summed E-state index contributed by atoms with van der Waals surface area (Å²) in [6.07, 6.45) is 3.42. The molecule has 110 valence electrons. The summed E-state index contributed by atoms with van der Waals surface area (Å²) in [4.78, 5) is 15.9. The monoisotopic (exact) mass is 309 g/mol. The number of amides is 2. The molecule has 0 radical (unpaired) electrons. The number of benzene rings is 1. The lowest BCUT2D eigenvalue weighted by Crippen LogP contribution is -2.28. The van der Waals surface area contributed by atoms with Crippen LogP contribution >= 0.6 is 11.3 Å². The molecule has 1 aromatic carbocycles. The molecule has 4 nitrogen and oxygen atoms in total. The third-order valence-electron chi connectivity index (χ3n) is 3.18. The van der Waals surface area contributed by atoms with E-state index in [1.165, 1.54) is 0 Å². The van der Waals surface area contributed by atoms with Crippen molar-refractivity contribution in [1.29, 1.82) is 0 Å². The van der Waals surface area contributed by atoms with E-state index in [-0.39, 0.29) is 6.03 Å². The minimum atomic E-state index is -0.223. The number of aromatic nitrogens is 1. The smallest absolute Gasteiger partial charge is 0.319 e. The summed E-state index contributed by atoms with van der Waals surface area (Å²) >= 11 is 1.66. The number of thiophene rings is 1. The number of urea groups is 1. The average molecular weight is 309 g/mol. The number of pyridine rings is 1. The summed E-state index contributed by atoms with van der Waals surface area (Å²) in [5, 5.41) is 9.80. The Bertz CT molecular complexity index is 742. The van der Waals surface area contributed by atoms with Crippen molar-refractivity contribution in [3.05, 3.63) is 71.2 Å². The highest BCUT2D eigenvalue weighted by molar-refractivity contribution is 7.08. The van der Waals surface area contributed by atoms with Crippen molar-refractivity contribution in [3.8, 4) is 11.1 Å². The fraction of sp³-hybridized carbons (Fsp3) is 0.0588. The highest BCUT2D eigenvalue weighted by Crippen LogP contribution is 2.24. The van der Waals surface area contributed by atoms with Crippen molar-refractivity contribution < 1.29 is 4.79 Å². The van der Waals surface area contributed by atoms with Gasteiger partial charge in [0.1, 0.15) is 0 Å². The van der Waals surface area contributed by atoms with Crippen LogP contribution in [0.1, 0.15) is 5.56 Å². The Labute approximate surface area is 132 Å². The normalized spacial score (nSPS) is 10.2. The van der Waals surface area contributed by atoms with Crippen molar-refractivity contribution in [2.24, 2.45) is 0 Å². The predicted molar refractivity (Wildman–Crippen MR) is 89.9 cm³/mol. The number of nitrogens with one attached hydrogen (secondary N) is 2. The van der Waals surface area contributed by atoms with Gasteiger partial charge in [0.15, 0.2) is 0 Å². The van der Waals surface area contributed by atoms with E-state index in [4.69, 9.17) is 0 Å². The summed E-state index contributed by atoms with van der Waals surface area (Å²) in [7, 11) is 0. The van der Waals surface area contributed by atoms with E-state index in [2.05, 4.69) is 27.1 Å². The number of hydrogen-bond donors (Lipinski definition) is 2. The molecule has 22 heavy (non-hydrogen) atoms. The molecule has 3 aromatic rings. The zero-order valence-electron chi connectivity index (χ0n) is 11.8. The van der Waals surface area contributed by atoms with Crippen molar-refractivity contribution in [2.75, 3.05) is 5.32 Å². The number of carbonyl (C=O) groups excluding carboxylic acids is 1. The molecular weight excluding hydrogens is 294 g/mol. The molecule has 2 amide bonds. The maximum Gasteiger partial charge on any atom is 0.319 e. The molecule has 0 aliphatic rings. The summed E-state index contributed by atoms with van der Waals surface area (Å²) in [6, 6.07) is 13.4. The molecule has 0 bridgehead atoms. The molecule has 5 heteroatoms. The van der Waals surface area contributed by atoms with Crippen molar-refractivity contribution in [3.63, 3.8) is 0 Å². The molecule has 0 atom stereocenters. The van der Waals surface area contributed by atoms with Gasteiger partial charge in [-0.2, -0.15) is 11.3 Å². The standard InChI is InChI=1S/C17H15N3OS/c21-17(19-11-13-4-7-18-8-5-13)20-16-3-1-2-14(10-16)15-6-9-22-12-15/h1-10,12H,11H2,(H2,19,20,21). The molecule has 0 fully saturated rings. The van der Waals surface area contributed by atoms with Gasteiger partial charge in [0.2, 0.25) is 0 Å². The first kappa shape index (κ1) is 14.3. The second-order valence-electron chi connectivity index (χ2n) is 4.76. The second-order valence-corrected chi connectivity index (χ2v) is 5.54. The van der Waals surface area contributed by atoms with Gasteiger partial charge in [-0.05, 0) is 57.8 Å². The molecule has 0 aliphatic heterocycles. The molecule has 0 aliphatic carbocycles. The molecular formula is C17H15N3OS. The molecule has 2 N–H and O–H groups in total. The van der Waals surface area contributed by atoms with E-state index in [0.29, 0.717) is 6.54 Å². The van der Waals surface area contributed by atoms with E-state index >= 15 is 0 Å². The topological polar surface area (TPSA) is 54.0 Å². The molecule has 0 saturated carbocycles. The van der Waals surface area contributed by atoms with Gasteiger partial charge in [-0.25, -0.2) is 4.79 Å². The fourth-order valence-corrected chi connectivity index (χ4v) is 2.73. The van der Waals surface area contributed by atoms with Crippen LogP contribution in [0.2, 0.25) is 0 Å². The van der Waals surface area contributed by atoms with Crippen LogP contribution in [0.3, 0.4) is 0 Å². The van der Waals surface area contributed by atoms with Gasteiger partial charge in [-0.1, -0.05) is 12.1 Å². The summed E-state index contributed by atoms with van der Waals surface area (Å²) < 4.78 is 0. The van der Waals surface area contributed by atoms with Gasteiger partial charge in [0, 0.05) is 24.6 Å². The van der Waals surface area contributed by atoms with Gasteiger partial charge in [0.05, 0.1) is 0 Å². The maximum absolute atomic E-state index is 11.9. The SMILES string of the molecule is O=C(NCc1ccncc1)Nc1cccc(-c2ccsc2)c1. The molecule has 0 spiro atoms. The Balaban J connectivity index is 1.61. The van der Waals surface area contributed by atoms with Crippen LogP contribution in [0.25, 0.3) is 11.1 Å². The van der Waals surface area contributed by atoms with Crippen LogP contribution in [-0.4, -0.2) is 11.0 Å². The van der Waals surface area contributed by atoms with Crippen LogP contribution in [0.5, 0.6) is 0 Å². The summed E-state index contributed by atoms with van der Waals surface area (Å²) in [5.41, 5.74) is 4.03. The Hall–Kier alpha value is -2.66. The third-order valence-corrected chi connectivity index (χ3v) is 3.86. The van der Waals surface area contributed by atoms with Crippen molar-refractivity contribution in [1.82, 2.24) is 10.3 Å². The minimum absolute atomic E-state index is 0.223. The summed E-state index contributed by atoms with van der Waals surface area (Å²) in [6.45, 7) is 0.471. The largest absolute Gasteiger partial charge is 0.334 e. The van der Waals surface area contributed by atoms with E-state index in [1.54, 1.807) is 23.7 Å². The van der Waals surface area contributed by atoms with Gasteiger partial charge in [0.25, 0.3) is 0 Å². The van der Waals surface area contributed by atoms with Crippen LogP contribution in [-0.2, 0) is 6.54 Å². The highest BCUT2D eigenvalue weighted by Gasteiger charge is 2.04. The first-order chi connectivity index (χ1) is 10.8. The van der Waals surface area contributed by atoms with Gasteiger partial charge in [-0.3, -0.25) is 4.98 Å². The molecule has 0 unspecified atom stereocenters. The quantitative estimate of drug-likeness (QED) is 0.761. The minimum Gasteiger partial charge on any atom is -0.334 e. The van der Waals surface area contributed by atoms with Crippen LogP contribution < -0.4 is 10.6 Å². The summed E-state index contributed by atoms with van der Waals surface area (Å²) in [5.74, 6) is 0. The molecule has 0 saturated heterocycles. The molecule has 3 rings (SSSR count). The van der Waals surface area contributed by atoms with Crippen LogP contribution in [0.4, 0.5) is 10.5 Å². The van der Waals surface area contributed by atoms with Gasteiger partial charge >= 0.3 is 6.03 Å². The van der Waals surface area contributed by atoms with Gasteiger partial charge in [-0.15, -0.1) is 0 Å². The highest BCUT2D eigenvalue weighted by atomic mass is 32.1. The number of nitrogens with zero attached hydrogens (tertiary/aromatic N) is 1. The Morgan fingerprint density at radius 2 is 1.95 bits per heavy atom. The fourth-order valence-electron chi connectivity index (χ4n) is 2.06. The van der Waals surface area contributed by atoms with E-state index in [1.807, 2.05) is 41.8 Å². The lowest BCUT2D eigenvalue weighted by atomic mass is 10.1. The molecule has 2 heterocycles. The second kappa shape index (κ2) is 6.87. The zero-order chi connectivity index (χ0) is 15.2. The maximum atomic E-state index is 11.9. The Morgan fingerprint density at radius 3 is 2.73 bits per heavy atom. The van der Waals surface area contributed by atoms with Crippen LogP contribution in [0, 0.1) is 0 Å². The Morgan fingerprint density at radius 1 is 1.09 bits per heavy atom. The lowest BCUT2D eigenvalue weighted by molar-refractivity contribution is 0.251. The van der Waals surface area contributed by atoms with Crippen molar-refractivity contribution in [2.45, 2.75) is 6.54 Å². The van der Waals surface area contributed by atoms with Crippen molar-refractivity contribution >= 4 is 23.1 Å². The zero-order valence-corrected chi connectivity index (χ0v) is 12.6. The lowest BCUT2D eigenvalue weighted by Gasteiger charge is -2.08. The Kier molecular flexibility index (Phi) is 4.46. The number of hydrogen-bond acceptors (Lipinski definition) is 3. The van der Waals surface area contributed by atoms with E-state index < -0.39 is 0 Å². The average Bonchev–Trinajstić information content (AvgIpc) is 3.09. The number of rotatable bonds is 4. The van der Waals surface area contributed by atoms with E-state index in [9.17, 15) is 4.79 Å². The predicted octanol–water partition coefficient (Wildman–Crippen LogP) is 4.13. The van der Waals surface area contributed by atoms with E-state index in [0.717, 1.165) is 22.4 Å². The van der Waals surface area contributed by atoms with Crippen LogP contribution in [0.15, 0.2) is 65.6 Å². The third kappa shape index (κ3) is 3.71. The van der Waals surface area contributed by atoms with Gasteiger partial charge < -0.3 is 10.6 Å². The molecule has 2 aromatic heterocycles.